The van der Waals surface area contributed by atoms with Crippen LogP contribution in [0.2, 0.25) is 0 Å². The van der Waals surface area contributed by atoms with Gasteiger partial charge in [-0.25, -0.2) is 9.37 Å². The average molecular weight is 408 g/mol. The molecule has 4 rings (SSSR count). The van der Waals surface area contributed by atoms with E-state index in [1.165, 1.54) is 0 Å². The summed E-state index contributed by atoms with van der Waals surface area (Å²) in [7, 11) is 0. The Balaban J connectivity index is 1.62. The molecule has 3 aromatic heterocycles. The molecule has 0 spiro atoms. The maximum atomic E-state index is 13.7. The molecule has 0 amide bonds. The molecular weight excluding hydrogens is 383 g/mol. The lowest BCUT2D eigenvalue weighted by Gasteiger charge is -2.34. The lowest BCUT2D eigenvalue weighted by Crippen LogP contribution is -2.50. The maximum Gasteiger partial charge on any atom is 0.129 e. The minimum absolute atomic E-state index is 0.200. The number of alkyl halides is 1. The van der Waals surface area contributed by atoms with Gasteiger partial charge in [0.15, 0.2) is 0 Å². The third-order valence-electron chi connectivity index (χ3n) is 5.34. The van der Waals surface area contributed by atoms with Crippen LogP contribution in [0.1, 0.15) is 24.6 Å². The molecule has 0 radical (unpaired) electrons. The molecule has 30 heavy (non-hydrogen) atoms. The summed E-state index contributed by atoms with van der Waals surface area (Å²) >= 11 is 0. The summed E-state index contributed by atoms with van der Waals surface area (Å²) < 4.78 is 15.5. The Labute approximate surface area is 174 Å². The van der Waals surface area contributed by atoms with E-state index < -0.39 is 12.2 Å². The van der Waals surface area contributed by atoms with Crippen LogP contribution in [0.25, 0.3) is 11.3 Å². The van der Waals surface area contributed by atoms with E-state index in [1.54, 1.807) is 24.5 Å². The van der Waals surface area contributed by atoms with E-state index in [0.717, 1.165) is 12.1 Å². The van der Waals surface area contributed by atoms with Gasteiger partial charge in [-0.1, -0.05) is 6.07 Å². The molecule has 1 aliphatic heterocycles. The monoisotopic (exact) mass is 408 g/mol. The van der Waals surface area contributed by atoms with Crippen molar-refractivity contribution in [2.24, 2.45) is 5.73 Å². The van der Waals surface area contributed by atoms with Gasteiger partial charge in [-0.15, -0.1) is 0 Å². The number of nitrogens with one attached hydrogen (secondary N) is 1. The van der Waals surface area contributed by atoms with Crippen LogP contribution in [-0.4, -0.2) is 50.8 Å². The van der Waals surface area contributed by atoms with Gasteiger partial charge in [0.2, 0.25) is 0 Å². The summed E-state index contributed by atoms with van der Waals surface area (Å²) in [5.41, 5.74) is 15.2. The van der Waals surface area contributed by atoms with Crippen molar-refractivity contribution in [3.05, 3.63) is 54.1 Å². The molecule has 2 unspecified atom stereocenters. The molecule has 1 aliphatic rings. The van der Waals surface area contributed by atoms with Gasteiger partial charge >= 0.3 is 0 Å². The Kier molecular flexibility index (Phi) is 5.45. The van der Waals surface area contributed by atoms with Gasteiger partial charge in [0.1, 0.15) is 12.0 Å². The molecule has 1 saturated heterocycles. The fraction of sp³-hybridized carbons (Fsp3) is 0.333. The minimum Gasteiger partial charge on any atom is -0.397 e. The van der Waals surface area contributed by atoms with Gasteiger partial charge in [-0.05, 0) is 31.5 Å². The second-order valence-electron chi connectivity index (χ2n) is 7.41. The molecule has 2 atom stereocenters. The van der Waals surface area contributed by atoms with E-state index >= 15 is 0 Å². The largest absolute Gasteiger partial charge is 0.397 e. The number of aryl methyl sites for hydroxylation is 1. The first kappa shape index (κ1) is 20.0. The number of nitrogens with zero attached hydrogens (tertiary/aromatic N) is 5. The van der Waals surface area contributed by atoms with Crippen molar-refractivity contribution >= 4 is 17.2 Å². The molecule has 4 heterocycles. The first-order valence-corrected chi connectivity index (χ1v) is 9.95. The van der Waals surface area contributed by atoms with Crippen molar-refractivity contribution in [3.8, 4) is 11.3 Å². The second-order valence-corrected chi connectivity index (χ2v) is 7.41. The van der Waals surface area contributed by atoms with E-state index in [1.807, 2.05) is 34.8 Å². The van der Waals surface area contributed by atoms with E-state index in [9.17, 15) is 4.39 Å². The van der Waals surface area contributed by atoms with Crippen LogP contribution in [0.3, 0.4) is 0 Å². The van der Waals surface area contributed by atoms with Gasteiger partial charge in [0.25, 0.3) is 0 Å². The van der Waals surface area contributed by atoms with Crippen LogP contribution >= 0.6 is 0 Å². The Bertz CT molecular complexity index is 1060. The summed E-state index contributed by atoms with van der Waals surface area (Å²) in [5, 5.41) is 13.0. The predicted molar refractivity (Wildman–Crippen MR) is 115 cm³/mol. The second kappa shape index (κ2) is 8.19. The molecule has 0 bridgehead atoms. The molecule has 1 fully saturated rings. The zero-order chi connectivity index (χ0) is 21.3. The highest BCUT2D eigenvalue weighted by molar-refractivity contribution is 6.13. The molecule has 0 aromatic carbocycles. The SMILES string of the molecule is CCn1cc(-c2cc(C(=N)c3cccc(N4CCC(F)C(N)C4)n3)c(N)cn2)cn1. The van der Waals surface area contributed by atoms with Crippen molar-refractivity contribution < 1.29 is 4.39 Å². The highest BCUT2D eigenvalue weighted by Crippen LogP contribution is 2.24. The lowest BCUT2D eigenvalue weighted by atomic mass is 10.0. The van der Waals surface area contributed by atoms with Gasteiger partial charge in [0, 0.05) is 37.0 Å². The molecule has 156 valence electrons. The van der Waals surface area contributed by atoms with E-state index in [-0.39, 0.29) is 5.71 Å². The van der Waals surface area contributed by atoms with Gasteiger partial charge in [-0.3, -0.25) is 15.1 Å². The fourth-order valence-corrected chi connectivity index (χ4v) is 3.55. The lowest BCUT2D eigenvalue weighted by molar-refractivity contribution is 0.244. The Hall–Kier alpha value is -3.33. The first-order chi connectivity index (χ1) is 14.5. The van der Waals surface area contributed by atoms with E-state index in [4.69, 9.17) is 16.9 Å². The van der Waals surface area contributed by atoms with Crippen LogP contribution in [0.15, 0.2) is 42.9 Å². The summed E-state index contributed by atoms with van der Waals surface area (Å²) in [5.74, 6) is 0.677. The Morgan fingerprint density at radius 3 is 2.90 bits per heavy atom. The Morgan fingerprint density at radius 1 is 1.33 bits per heavy atom. The van der Waals surface area contributed by atoms with Gasteiger partial charge in [0.05, 0.1) is 41.2 Å². The standard InChI is InChI=1S/C21H25FN8/c1-2-30-11-13(9-27-30)19-8-14(16(23)10-26-19)21(25)18-4-3-5-20(28-18)29-7-6-15(22)17(24)12-29/h3-5,8-11,15,17,25H,2,6-7,12,23-24H2,1H3. The van der Waals surface area contributed by atoms with Gasteiger partial charge < -0.3 is 16.4 Å². The van der Waals surface area contributed by atoms with Crippen LogP contribution in [0.5, 0.6) is 0 Å². The minimum atomic E-state index is -0.991. The zero-order valence-electron chi connectivity index (χ0n) is 16.8. The number of halogens is 1. The van der Waals surface area contributed by atoms with Crippen LogP contribution < -0.4 is 16.4 Å². The normalized spacial score (nSPS) is 19.1. The molecule has 5 N–H and O–H groups in total. The number of hydrogen-bond donors (Lipinski definition) is 3. The molecule has 0 aliphatic carbocycles. The highest BCUT2D eigenvalue weighted by atomic mass is 19.1. The number of piperidine rings is 1. The number of aromatic nitrogens is 4. The highest BCUT2D eigenvalue weighted by Gasteiger charge is 2.27. The number of anilines is 2. The topological polar surface area (TPSA) is 123 Å². The van der Waals surface area contributed by atoms with Crippen molar-refractivity contribution in [2.45, 2.75) is 32.1 Å². The Morgan fingerprint density at radius 2 is 2.17 bits per heavy atom. The smallest absolute Gasteiger partial charge is 0.129 e. The first-order valence-electron chi connectivity index (χ1n) is 9.95. The molecular formula is C21H25FN8. The quantitative estimate of drug-likeness (QED) is 0.557. The van der Waals surface area contributed by atoms with Crippen molar-refractivity contribution in [1.82, 2.24) is 19.7 Å². The van der Waals surface area contributed by atoms with Crippen LogP contribution in [0, 0.1) is 5.41 Å². The van der Waals surface area contributed by atoms with Gasteiger partial charge in [-0.2, -0.15) is 5.10 Å². The van der Waals surface area contributed by atoms with E-state index in [2.05, 4.69) is 15.1 Å². The third-order valence-corrected chi connectivity index (χ3v) is 5.34. The third kappa shape index (κ3) is 3.88. The number of pyridine rings is 2. The van der Waals surface area contributed by atoms with Crippen molar-refractivity contribution in [3.63, 3.8) is 0 Å². The summed E-state index contributed by atoms with van der Waals surface area (Å²) in [6.07, 6.45) is 4.58. The molecule has 0 saturated carbocycles. The predicted octanol–water partition coefficient (Wildman–Crippen LogP) is 2.23. The van der Waals surface area contributed by atoms with Crippen LogP contribution in [-0.2, 0) is 6.54 Å². The number of hydrogen-bond acceptors (Lipinski definition) is 7. The van der Waals surface area contributed by atoms with Crippen molar-refractivity contribution in [2.75, 3.05) is 23.7 Å². The fourth-order valence-electron chi connectivity index (χ4n) is 3.55. The summed E-state index contributed by atoms with van der Waals surface area (Å²) in [6.45, 7) is 3.71. The number of rotatable bonds is 5. The maximum absolute atomic E-state index is 13.7. The molecule has 3 aromatic rings. The molecule has 8 nitrogen and oxygen atoms in total. The zero-order valence-corrected chi connectivity index (χ0v) is 16.8. The van der Waals surface area contributed by atoms with E-state index in [0.29, 0.717) is 48.0 Å². The van der Waals surface area contributed by atoms with Crippen LogP contribution in [0.4, 0.5) is 15.9 Å². The summed E-state index contributed by atoms with van der Waals surface area (Å²) in [6, 6.07) is 6.70. The summed E-state index contributed by atoms with van der Waals surface area (Å²) in [4.78, 5) is 11.0. The average Bonchev–Trinajstić information content (AvgIpc) is 3.25. The number of nitrogens with two attached hydrogens (primary N) is 2. The van der Waals surface area contributed by atoms with Crippen molar-refractivity contribution in [1.29, 1.82) is 5.41 Å². The molecule has 9 heteroatoms. The number of nitrogen functional groups attached to an aromatic ring is 1.